The van der Waals surface area contributed by atoms with Gasteiger partial charge in [-0.25, -0.2) is 26.7 Å². The second kappa shape index (κ2) is 12.5. The topological polar surface area (TPSA) is 105 Å². The molecule has 0 radical (unpaired) electrons. The van der Waals surface area contributed by atoms with Gasteiger partial charge in [0.25, 0.3) is 0 Å². The van der Waals surface area contributed by atoms with Crippen molar-refractivity contribution >= 4 is 27.4 Å². The number of urea groups is 1. The molecule has 1 aliphatic heterocycles. The minimum atomic E-state index is -4.11. The van der Waals surface area contributed by atoms with Crippen molar-refractivity contribution in [2.24, 2.45) is 5.92 Å². The molecule has 2 amide bonds. The molecular formula is C33H37F2N5O3S. The lowest BCUT2D eigenvalue weighted by Gasteiger charge is -2.31. The van der Waals surface area contributed by atoms with Gasteiger partial charge in [-0.2, -0.15) is 5.10 Å². The Hall–Kier alpha value is -4.09. The highest BCUT2D eigenvalue weighted by atomic mass is 32.2. The number of anilines is 2. The van der Waals surface area contributed by atoms with E-state index in [-0.39, 0.29) is 16.2 Å². The molecule has 0 aliphatic carbocycles. The molecule has 0 saturated carbocycles. The van der Waals surface area contributed by atoms with Gasteiger partial charge in [-0.1, -0.05) is 50.6 Å². The average molecular weight is 622 g/mol. The first kappa shape index (κ1) is 31.3. The summed E-state index contributed by atoms with van der Waals surface area (Å²) in [5.74, 6) is -2.13. The predicted octanol–water partition coefficient (Wildman–Crippen LogP) is 6.92. The summed E-state index contributed by atoms with van der Waals surface area (Å²) >= 11 is 0. The van der Waals surface area contributed by atoms with Crippen LogP contribution in [0.2, 0.25) is 0 Å². The van der Waals surface area contributed by atoms with Gasteiger partial charge in [0.2, 0.25) is 0 Å². The van der Waals surface area contributed by atoms with E-state index in [0.717, 1.165) is 35.1 Å². The van der Waals surface area contributed by atoms with Crippen LogP contribution in [-0.4, -0.2) is 37.3 Å². The maximum atomic E-state index is 14.1. The third-order valence-corrected chi connectivity index (χ3v) is 10.1. The number of hydrogen-bond acceptors (Lipinski definition) is 5. The Morgan fingerprint density at radius 1 is 0.955 bits per heavy atom. The van der Waals surface area contributed by atoms with E-state index in [1.54, 1.807) is 28.9 Å². The number of amides is 2. The van der Waals surface area contributed by atoms with Crippen molar-refractivity contribution in [1.82, 2.24) is 15.1 Å². The minimum Gasteiger partial charge on any atom is -0.317 e. The number of sulfone groups is 1. The SMILES string of the molecule is Cc1ccc(-n2nc(C(C)(C)C)cc2NC(=O)Nc2cccc(C(C3CCNCC3)S(=O)(=O)c3ccc(F)c(F)c3)c2)cc1. The molecule has 232 valence electrons. The molecule has 1 fully saturated rings. The Bertz CT molecular complexity index is 1760. The van der Waals surface area contributed by atoms with Crippen LogP contribution in [0.25, 0.3) is 5.69 Å². The van der Waals surface area contributed by atoms with E-state index in [1.165, 1.54) is 0 Å². The second-order valence-electron chi connectivity index (χ2n) is 12.2. The van der Waals surface area contributed by atoms with Gasteiger partial charge in [0.1, 0.15) is 5.82 Å². The first-order valence-electron chi connectivity index (χ1n) is 14.6. The lowest BCUT2D eigenvalue weighted by atomic mass is 9.90. The number of carbonyl (C=O) groups is 1. The van der Waals surface area contributed by atoms with Crippen LogP contribution in [0.4, 0.5) is 25.1 Å². The van der Waals surface area contributed by atoms with E-state index in [2.05, 4.69) is 16.0 Å². The molecule has 2 heterocycles. The molecule has 1 aromatic heterocycles. The first-order chi connectivity index (χ1) is 20.8. The van der Waals surface area contributed by atoms with Crippen LogP contribution < -0.4 is 16.0 Å². The highest BCUT2D eigenvalue weighted by molar-refractivity contribution is 7.91. The summed E-state index contributed by atoms with van der Waals surface area (Å²) < 4.78 is 57.3. The number of hydrogen-bond donors (Lipinski definition) is 3. The zero-order chi connectivity index (χ0) is 31.6. The predicted molar refractivity (Wildman–Crippen MR) is 168 cm³/mol. The van der Waals surface area contributed by atoms with Crippen LogP contribution in [0.5, 0.6) is 0 Å². The Labute approximate surface area is 256 Å². The molecule has 1 saturated heterocycles. The Morgan fingerprint density at radius 2 is 1.66 bits per heavy atom. The molecule has 8 nitrogen and oxygen atoms in total. The fraction of sp³-hybridized carbons (Fsp3) is 0.333. The Morgan fingerprint density at radius 3 is 2.32 bits per heavy atom. The molecule has 11 heteroatoms. The summed E-state index contributed by atoms with van der Waals surface area (Å²) in [6, 6.07) is 18.4. The Kier molecular flexibility index (Phi) is 8.90. The zero-order valence-corrected chi connectivity index (χ0v) is 26.0. The summed E-state index contributed by atoms with van der Waals surface area (Å²) in [4.78, 5) is 13.0. The standard InChI is InChI=1S/C33H37F2N5O3S/c1-21-8-10-25(11-9-21)40-30(20-29(39-40)33(2,3)4)38-32(41)37-24-7-5-6-23(18-24)31(22-14-16-36-17-15-22)44(42,43)26-12-13-27(34)28(35)19-26/h5-13,18-20,22,31,36H,14-17H2,1-4H3,(H2,37,38,41). The molecule has 4 aromatic rings. The average Bonchev–Trinajstić information content (AvgIpc) is 3.40. The van der Waals surface area contributed by atoms with Crippen molar-refractivity contribution in [2.75, 3.05) is 23.7 Å². The van der Waals surface area contributed by atoms with Crippen LogP contribution in [0, 0.1) is 24.5 Å². The van der Waals surface area contributed by atoms with Crippen molar-refractivity contribution in [2.45, 2.75) is 56.1 Å². The van der Waals surface area contributed by atoms with Gasteiger partial charge in [-0.3, -0.25) is 5.32 Å². The van der Waals surface area contributed by atoms with Gasteiger partial charge >= 0.3 is 6.03 Å². The quantitative estimate of drug-likeness (QED) is 0.195. The molecular weight excluding hydrogens is 584 g/mol. The van der Waals surface area contributed by atoms with Gasteiger partial charge in [0, 0.05) is 17.2 Å². The number of rotatable bonds is 7. The molecule has 3 N–H and O–H groups in total. The normalized spacial score (nSPS) is 15.1. The first-order valence-corrected chi connectivity index (χ1v) is 16.1. The van der Waals surface area contributed by atoms with Gasteiger partial charge in [-0.05, 0) is 86.8 Å². The molecule has 1 unspecified atom stereocenters. The number of aryl methyl sites for hydroxylation is 1. The van der Waals surface area contributed by atoms with Crippen LogP contribution in [0.3, 0.4) is 0 Å². The van der Waals surface area contributed by atoms with E-state index < -0.39 is 32.8 Å². The van der Waals surface area contributed by atoms with Crippen molar-refractivity contribution in [3.8, 4) is 5.69 Å². The van der Waals surface area contributed by atoms with Gasteiger partial charge in [0.05, 0.1) is 21.5 Å². The summed E-state index contributed by atoms with van der Waals surface area (Å²) in [5, 5.41) is 12.7. The third kappa shape index (κ3) is 6.84. The lowest BCUT2D eigenvalue weighted by Crippen LogP contribution is -2.33. The van der Waals surface area contributed by atoms with Crippen LogP contribution in [0.1, 0.15) is 55.7 Å². The fourth-order valence-electron chi connectivity index (χ4n) is 5.44. The van der Waals surface area contributed by atoms with E-state index in [4.69, 9.17) is 5.10 Å². The molecule has 5 rings (SSSR count). The maximum Gasteiger partial charge on any atom is 0.324 e. The van der Waals surface area contributed by atoms with Gasteiger partial charge in [0.15, 0.2) is 21.5 Å². The zero-order valence-electron chi connectivity index (χ0n) is 25.2. The summed E-state index contributed by atoms with van der Waals surface area (Å²) in [7, 11) is -4.11. The monoisotopic (exact) mass is 621 g/mol. The molecule has 0 bridgehead atoms. The number of carbonyl (C=O) groups excluding carboxylic acids is 1. The summed E-state index contributed by atoms with van der Waals surface area (Å²) in [6.07, 6.45) is 1.18. The number of nitrogens with one attached hydrogen (secondary N) is 3. The molecule has 0 spiro atoms. The second-order valence-corrected chi connectivity index (χ2v) is 14.3. The maximum absolute atomic E-state index is 14.1. The number of piperidine rings is 1. The van der Waals surface area contributed by atoms with E-state index in [9.17, 15) is 22.0 Å². The van der Waals surface area contributed by atoms with Crippen molar-refractivity contribution in [3.63, 3.8) is 0 Å². The fourth-order valence-corrected chi connectivity index (χ4v) is 7.55. The summed E-state index contributed by atoms with van der Waals surface area (Å²) in [6.45, 7) is 9.39. The highest BCUT2D eigenvalue weighted by Gasteiger charge is 2.37. The van der Waals surface area contributed by atoms with E-state index in [0.29, 0.717) is 43.0 Å². The smallest absolute Gasteiger partial charge is 0.317 e. The number of nitrogens with zero attached hydrogens (tertiary/aromatic N) is 2. The highest BCUT2D eigenvalue weighted by Crippen LogP contribution is 2.40. The van der Waals surface area contributed by atoms with Gasteiger partial charge < -0.3 is 10.6 Å². The number of aromatic nitrogens is 2. The van der Waals surface area contributed by atoms with Crippen LogP contribution in [-0.2, 0) is 15.3 Å². The molecule has 3 aromatic carbocycles. The van der Waals surface area contributed by atoms with E-state index in [1.807, 2.05) is 58.0 Å². The Balaban J connectivity index is 1.44. The van der Waals surface area contributed by atoms with Crippen molar-refractivity contribution < 1.29 is 22.0 Å². The van der Waals surface area contributed by atoms with Crippen molar-refractivity contribution in [1.29, 1.82) is 0 Å². The van der Waals surface area contributed by atoms with Crippen LogP contribution in [0.15, 0.2) is 77.7 Å². The molecule has 1 aliphatic rings. The lowest BCUT2D eigenvalue weighted by molar-refractivity contribution is 0.262. The van der Waals surface area contributed by atoms with Crippen molar-refractivity contribution in [3.05, 3.63) is 101 Å². The molecule has 1 atom stereocenters. The minimum absolute atomic E-state index is 0.264. The number of benzene rings is 3. The third-order valence-electron chi connectivity index (χ3n) is 7.84. The van der Waals surface area contributed by atoms with Crippen LogP contribution >= 0.6 is 0 Å². The largest absolute Gasteiger partial charge is 0.324 e. The van der Waals surface area contributed by atoms with Gasteiger partial charge in [-0.15, -0.1) is 0 Å². The number of halogens is 2. The summed E-state index contributed by atoms with van der Waals surface area (Å²) in [5.41, 5.74) is 3.26. The molecule has 44 heavy (non-hydrogen) atoms. The van der Waals surface area contributed by atoms with E-state index >= 15 is 0 Å².